The normalized spacial score (nSPS) is 12.2. The Labute approximate surface area is 165 Å². The molecule has 0 unspecified atom stereocenters. The molecule has 1 aliphatic rings. The minimum Gasteiger partial charge on any atom is -0.493 e. The van der Waals surface area contributed by atoms with E-state index in [0.29, 0.717) is 31.2 Å². The SMILES string of the molecule is CCOc1cc(/C=C/C(=O)N(CC)Cc2ccc3c(c2)OCO3)ccc1OC. The van der Waals surface area contributed by atoms with E-state index in [9.17, 15) is 4.79 Å². The van der Waals surface area contributed by atoms with Crippen molar-refractivity contribution in [2.45, 2.75) is 20.4 Å². The van der Waals surface area contributed by atoms with Crippen LogP contribution in [0.5, 0.6) is 23.0 Å². The molecule has 0 atom stereocenters. The van der Waals surface area contributed by atoms with Crippen LogP contribution in [0.4, 0.5) is 0 Å². The van der Waals surface area contributed by atoms with Gasteiger partial charge in [0.15, 0.2) is 23.0 Å². The van der Waals surface area contributed by atoms with Gasteiger partial charge in [-0.2, -0.15) is 0 Å². The Bertz CT molecular complexity index is 862. The van der Waals surface area contributed by atoms with E-state index in [2.05, 4.69) is 0 Å². The second-order valence-corrected chi connectivity index (χ2v) is 6.22. The molecule has 0 N–H and O–H groups in total. The maximum atomic E-state index is 12.6. The summed E-state index contributed by atoms with van der Waals surface area (Å²) in [5.74, 6) is 2.73. The van der Waals surface area contributed by atoms with Crippen LogP contribution in [0.25, 0.3) is 6.08 Å². The highest BCUT2D eigenvalue weighted by Gasteiger charge is 2.15. The molecule has 0 aliphatic carbocycles. The number of rotatable bonds is 8. The van der Waals surface area contributed by atoms with Gasteiger partial charge in [0, 0.05) is 19.2 Å². The molecule has 0 saturated carbocycles. The fraction of sp³-hybridized carbons (Fsp3) is 0.318. The van der Waals surface area contributed by atoms with Crippen molar-refractivity contribution in [3.63, 3.8) is 0 Å². The molecule has 6 heteroatoms. The zero-order chi connectivity index (χ0) is 19.9. The van der Waals surface area contributed by atoms with E-state index in [0.717, 1.165) is 22.6 Å². The topological polar surface area (TPSA) is 57.2 Å². The fourth-order valence-electron chi connectivity index (χ4n) is 2.94. The molecule has 0 spiro atoms. The Kier molecular flexibility index (Phi) is 6.42. The van der Waals surface area contributed by atoms with E-state index in [1.165, 1.54) is 0 Å². The van der Waals surface area contributed by atoms with Gasteiger partial charge in [-0.25, -0.2) is 0 Å². The lowest BCUT2D eigenvalue weighted by molar-refractivity contribution is -0.126. The first-order chi connectivity index (χ1) is 13.6. The summed E-state index contributed by atoms with van der Waals surface area (Å²) < 4.78 is 21.6. The van der Waals surface area contributed by atoms with Crippen LogP contribution < -0.4 is 18.9 Å². The van der Waals surface area contributed by atoms with E-state index < -0.39 is 0 Å². The third-order valence-electron chi connectivity index (χ3n) is 4.41. The van der Waals surface area contributed by atoms with Crippen LogP contribution in [0.1, 0.15) is 25.0 Å². The molecule has 2 aromatic carbocycles. The van der Waals surface area contributed by atoms with E-state index >= 15 is 0 Å². The number of fused-ring (bicyclic) bond motifs is 1. The Balaban J connectivity index is 1.69. The van der Waals surface area contributed by atoms with Crippen molar-refractivity contribution in [1.82, 2.24) is 4.90 Å². The van der Waals surface area contributed by atoms with Crippen molar-refractivity contribution >= 4 is 12.0 Å². The number of hydrogen-bond acceptors (Lipinski definition) is 5. The lowest BCUT2D eigenvalue weighted by Gasteiger charge is -2.19. The Morgan fingerprint density at radius 2 is 1.93 bits per heavy atom. The predicted molar refractivity (Wildman–Crippen MR) is 107 cm³/mol. The van der Waals surface area contributed by atoms with Gasteiger partial charge in [-0.15, -0.1) is 0 Å². The molecule has 3 rings (SSSR count). The second-order valence-electron chi connectivity index (χ2n) is 6.22. The monoisotopic (exact) mass is 383 g/mol. The highest BCUT2D eigenvalue weighted by atomic mass is 16.7. The standard InChI is InChI=1S/C22H25NO5/c1-4-23(14-17-7-10-19-21(13-17)28-15-27-19)22(24)11-8-16-6-9-18(25-3)20(12-16)26-5-2/h6-13H,4-5,14-15H2,1-3H3/b11-8+. The largest absolute Gasteiger partial charge is 0.493 e. The van der Waals surface area contributed by atoms with Crippen molar-refractivity contribution in [2.75, 3.05) is 27.1 Å². The molecule has 1 heterocycles. The van der Waals surface area contributed by atoms with Gasteiger partial charge in [0.25, 0.3) is 0 Å². The van der Waals surface area contributed by atoms with E-state index in [1.807, 2.05) is 50.2 Å². The van der Waals surface area contributed by atoms with Crippen LogP contribution in [-0.2, 0) is 11.3 Å². The zero-order valence-electron chi connectivity index (χ0n) is 16.4. The number of methoxy groups -OCH3 is 1. The minimum absolute atomic E-state index is 0.0612. The van der Waals surface area contributed by atoms with Gasteiger partial charge < -0.3 is 23.8 Å². The highest BCUT2D eigenvalue weighted by Crippen LogP contribution is 2.33. The zero-order valence-corrected chi connectivity index (χ0v) is 16.4. The van der Waals surface area contributed by atoms with Crippen LogP contribution in [0.15, 0.2) is 42.5 Å². The maximum absolute atomic E-state index is 12.6. The first-order valence-electron chi connectivity index (χ1n) is 9.31. The first kappa shape index (κ1) is 19.6. The summed E-state index contributed by atoms with van der Waals surface area (Å²) in [6.45, 7) is 5.76. The molecule has 1 amide bonds. The van der Waals surface area contributed by atoms with Crippen molar-refractivity contribution in [3.8, 4) is 23.0 Å². The molecule has 2 aromatic rings. The van der Waals surface area contributed by atoms with Crippen molar-refractivity contribution in [3.05, 3.63) is 53.6 Å². The van der Waals surface area contributed by atoms with Crippen LogP contribution >= 0.6 is 0 Å². The minimum atomic E-state index is -0.0612. The number of amides is 1. The number of carbonyl (C=O) groups is 1. The molecule has 1 aliphatic heterocycles. The summed E-state index contributed by atoms with van der Waals surface area (Å²) >= 11 is 0. The van der Waals surface area contributed by atoms with Gasteiger partial charge in [0.05, 0.1) is 13.7 Å². The summed E-state index contributed by atoms with van der Waals surface area (Å²) in [6, 6.07) is 11.3. The van der Waals surface area contributed by atoms with Gasteiger partial charge in [0.2, 0.25) is 12.7 Å². The average Bonchev–Trinajstić information content (AvgIpc) is 3.18. The fourth-order valence-corrected chi connectivity index (χ4v) is 2.94. The van der Waals surface area contributed by atoms with Gasteiger partial charge in [-0.3, -0.25) is 4.79 Å². The molecule has 0 radical (unpaired) electrons. The number of hydrogen-bond donors (Lipinski definition) is 0. The summed E-state index contributed by atoms with van der Waals surface area (Å²) in [7, 11) is 1.60. The van der Waals surface area contributed by atoms with Crippen LogP contribution in [-0.4, -0.2) is 37.9 Å². The first-order valence-corrected chi connectivity index (χ1v) is 9.31. The third kappa shape index (κ3) is 4.57. The van der Waals surface area contributed by atoms with Gasteiger partial charge >= 0.3 is 0 Å². The van der Waals surface area contributed by atoms with Crippen LogP contribution in [0.3, 0.4) is 0 Å². The smallest absolute Gasteiger partial charge is 0.246 e. The van der Waals surface area contributed by atoms with Gasteiger partial charge in [-0.05, 0) is 55.3 Å². The molecule has 0 aromatic heterocycles. The molecule has 0 bridgehead atoms. The van der Waals surface area contributed by atoms with Crippen molar-refractivity contribution < 1.29 is 23.7 Å². The maximum Gasteiger partial charge on any atom is 0.246 e. The van der Waals surface area contributed by atoms with Crippen LogP contribution in [0, 0.1) is 0 Å². The van der Waals surface area contributed by atoms with E-state index in [4.69, 9.17) is 18.9 Å². The summed E-state index contributed by atoms with van der Waals surface area (Å²) in [4.78, 5) is 14.4. The summed E-state index contributed by atoms with van der Waals surface area (Å²) in [6.07, 6.45) is 3.36. The van der Waals surface area contributed by atoms with E-state index in [1.54, 1.807) is 24.2 Å². The predicted octanol–water partition coefficient (Wildman–Crippen LogP) is 3.88. The van der Waals surface area contributed by atoms with Gasteiger partial charge in [0.1, 0.15) is 0 Å². The number of nitrogens with zero attached hydrogens (tertiary/aromatic N) is 1. The third-order valence-corrected chi connectivity index (χ3v) is 4.41. The molecule has 148 valence electrons. The summed E-state index contributed by atoms with van der Waals surface area (Å²) in [5.41, 5.74) is 1.87. The molecular formula is C22H25NO5. The summed E-state index contributed by atoms with van der Waals surface area (Å²) in [5, 5.41) is 0. The Hall–Kier alpha value is -3.15. The molecule has 0 fully saturated rings. The quantitative estimate of drug-likeness (QED) is 0.648. The number of benzene rings is 2. The Morgan fingerprint density at radius 1 is 1.11 bits per heavy atom. The average molecular weight is 383 g/mol. The van der Waals surface area contributed by atoms with Crippen LogP contribution in [0.2, 0.25) is 0 Å². The lowest BCUT2D eigenvalue weighted by atomic mass is 10.1. The molecule has 6 nitrogen and oxygen atoms in total. The number of ether oxygens (including phenoxy) is 4. The molecule has 28 heavy (non-hydrogen) atoms. The number of carbonyl (C=O) groups excluding carboxylic acids is 1. The van der Waals surface area contributed by atoms with E-state index in [-0.39, 0.29) is 12.7 Å². The van der Waals surface area contributed by atoms with Gasteiger partial charge in [-0.1, -0.05) is 12.1 Å². The number of likely N-dealkylation sites (N-methyl/N-ethyl adjacent to an activating group) is 1. The Morgan fingerprint density at radius 3 is 2.68 bits per heavy atom. The molecular weight excluding hydrogens is 358 g/mol. The van der Waals surface area contributed by atoms with Crippen molar-refractivity contribution in [1.29, 1.82) is 0 Å². The highest BCUT2D eigenvalue weighted by molar-refractivity contribution is 5.91. The molecule has 0 saturated heterocycles. The van der Waals surface area contributed by atoms with Crippen molar-refractivity contribution in [2.24, 2.45) is 0 Å². The lowest BCUT2D eigenvalue weighted by Crippen LogP contribution is -2.28. The second kappa shape index (κ2) is 9.17.